The Labute approximate surface area is 205 Å². The maximum absolute atomic E-state index is 14.4. The zero-order chi connectivity index (χ0) is 24.2. The number of carbonyl (C=O) groups excluding carboxylic acids is 1. The van der Waals surface area contributed by atoms with Crippen molar-refractivity contribution in [2.45, 2.75) is 44.9 Å². The van der Waals surface area contributed by atoms with Crippen LogP contribution >= 0.6 is 0 Å². The summed E-state index contributed by atoms with van der Waals surface area (Å²) in [5.41, 5.74) is 2.81. The van der Waals surface area contributed by atoms with Gasteiger partial charge in [-0.2, -0.15) is 5.26 Å². The van der Waals surface area contributed by atoms with Gasteiger partial charge < -0.3 is 10.2 Å². The Morgan fingerprint density at radius 2 is 1.77 bits per heavy atom. The summed E-state index contributed by atoms with van der Waals surface area (Å²) in [6, 6.07) is 15.8. The Bertz CT molecular complexity index is 1230. The van der Waals surface area contributed by atoms with Gasteiger partial charge in [-0.15, -0.1) is 5.10 Å². The number of aromatic nitrogens is 2. The molecule has 6 nitrogen and oxygen atoms in total. The van der Waals surface area contributed by atoms with Gasteiger partial charge in [-0.3, -0.25) is 4.79 Å². The van der Waals surface area contributed by atoms with E-state index in [1.165, 1.54) is 44.2 Å². The fourth-order valence-electron chi connectivity index (χ4n) is 5.12. The van der Waals surface area contributed by atoms with E-state index >= 15 is 0 Å². The molecule has 1 aromatic heterocycles. The van der Waals surface area contributed by atoms with Gasteiger partial charge in [0.1, 0.15) is 17.7 Å². The van der Waals surface area contributed by atoms with E-state index in [-0.39, 0.29) is 11.5 Å². The first kappa shape index (κ1) is 23.1. The third-order valence-corrected chi connectivity index (χ3v) is 7.14. The minimum absolute atomic E-state index is 0.0141. The zero-order valence-electron chi connectivity index (χ0n) is 19.8. The number of amides is 1. The van der Waals surface area contributed by atoms with E-state index < -0.39 is 5.82 Å². The van der Waals surface area contributed by atoms with Gasteiger partial charge >= 0.3 is 0 Å². The Kier molecular flexibility index (Phi) is 6.80. The maximum atomic E-state index is 14.4. The van der Waals surface area contributed by atoms with Crippen molar-refractivity contribution in [2.24, 2.45) is 5.92 Å². The molecular weight excluding hydrogens is 441 g/mol. The van der Waals surface area contributed by atoms with E-state index in [4.69, 9.17) is 10.4 Å². The van der Waals surface area contributed by atoms with Crippen LogP contribution in [0.2, 0.25) is 0 Å². The molecule has 2 aliphatic rings. The molecule has 180 valence electrons. The second-order valence-electron chi connectivity index (χ2n) is 9.56. The van der Waals surface area contributed by atoms with Crippen LogP contribution in [-0.2, 0) is 0 Å². The first-order chi connectivity index (χ1) is 17.1. The van der Waals surface area contributed by atoms with Gasteiger partial charge in [-0.25, -0.2) is 9.07 Å². The van der Waals surface area contributed by atoms with Crippen molar-refractivity contribution < 1.29 is 9.18 Å². The molecule has 1 saturated heterocycles. The average molecular weight is 472 g/mol. The van der Waals surface area contributed by atoms with E-state index in [2.05, 4.69) is 5.32 Å². The molecule has 1 N–H and O–H groups in total. The number of anilines is 1. The van der Waals surface area contributed by atoms with Crippen LogP contribution in [0.3, 0.4) is 0 Å². The van der Waals surface area contributed by atoms with Crippen LogP contribution in [-0.4, -0.2) is 40.2 Å². The summed E-state index contributed by atoms with van der Waals surface area (Å²) in [6.45, 7) is 2.48. The predicted molar refractivity (Wildman–Crippen MR) is 134 cm³/mol. The summed E-state index contributed by atoms with van der Waals surface area (Å²) in [4.78, 5) is 14.6. The highest BCUT2D eigenvalue weighted by molar-refractivity contribution is 5.94. The SMILES string of the molecule is N#Cc1ccc(-c2cc(NCC3CCCCC3)nn2-c2ccc(C(=O)N3CCCC3)cc2)cc1F. The Balaban J connectivity index is 1.44. The van der Waals surface area contributed by atoms with Gasteiger partial charge in [0, 0.05) is 36.8 Å². The van der Waals surface area contributed by atoms with Crippen molar-refractivity contribution in [3.8, 4) is 23.0 Å². The molecule has 0 spiro atoms. The summed E-state index contributed by atoms with van der Waals surface area (Å²) in [6.07, 6.45) is 8.44. The molecule has 7 heteroatoms. The molecule has 1 aliphatic heterocycles. The number of hydrogen-bond acceptors (Lipinski definition) is 4. The summed E-state index contributed by atoms with van der Waals surface area (Å²) in [5.74, 6) is 0.868. The maximum Gasteiger partial charge on any atom is 0.253 e. The monoisotopic (exact) mass is 471 g/mol. The van der Waals surface area contributed by atoms with Crippen LogP contribution < -0.4 is 5.32 Å². The van der Waals surface area contributed by atoms with E-state index in [0.29, 0.717) is 17.0 Å². The van der Waals surface area contributed by atoms with Crippen LogP contribution in [0, 0.1) is 23.1 Å². The van der Waals surface area contributed by atoms with Crippen LogP contribution in [0.4, 0.5) is 10.2 Å². The minimum atomic E-state index is -0.555. The second kappa shape index (κ2) is 10.3. The third-order valence-electron chi connectivity index (χ3n) is 7.14. The topological polar surface area (TPSA) is 74.0 Å². The fraction of sp³-hybridized carbons (Fsp3) is 0.393. The molecule has 0 unspecified atom stereocenters. The van der Waals surface area contributed by atoms with Crippen molar-refractivity contribution in [3.05, 3.63) is 65.5 Å². The van der Waals surface area contributed by atoms with Gasteiger partial charge in [0.15, 0.2) is 0 Å². The van der Waals surface area contributed by atoms with Crippen molar-refractivity contribution in [2.75, 3.05) is 25.0 Å². The minimum Gasteiger partial charge on any atom is -0.368 e. The smallest absolute Gasteiger partial charge is 0.253 e. The summed E-state index contributed by atoms with van der Waals surface area (Å²) in [5, 5.41) is 17.4. The lowest BCUT2D eigenvalue weighted by atomic mass is 9.89. The molecule has 2 fully saturated rings. The molecule has 1 aliphatic carbocycles. The van der Waals surface area contributed by atoms with E-state index in [1.54, 1.807) is 10.7 Å². The van der Waals surface area contributed by atoms with Gasteiger partial charge in [-0.05, 0) is 68.0 Å². The number of halogens is 1. The Hall–Kier alpha value is -3.66. The van der Waals surface area contributed by atoms with Crippen molar-refractivity contribution >= 4 is 11.7 Å². The van der Waals surface area contributed by atoms with Gasteiger partial charge in [0.2, 0.25) is 0 Å². The number of nitrogens with zero attached hydrogens (tertiary/aromatic N) is 4. The molecular formula is C28H30FN5O. The quantitative estimate of drug-likeness (QED) is 0.495. The first-order valence-electron chi connectivity index (χ1n) is 12.6. The molecule has 0 bridgehead atoms. The molecule has 1 amide bonds. The number of carbonyl (C=O) groups is 1. The van der Waals surface area contributed by atoms with E-state index in [1.807, 2.05) is 41.3 Å². The molecule has 3 aromatic rings. The Morgan fingerprint density at radius 1 is 1.03 bits per heavy atom. The lowest BCUT2D eigenvalue weighted by Gasteiger charge is -2.21. The average Bonchev–Trinajstić information content (AvgIpc) is 3.58. The van der Waals surface area contributed by atoms with Gasteiger partial charge in [-0.1, -0.05) is 25.3 Å². The van der Waals surface area contributed by atoms with Gasteiger partial charge in [0.05, 0.1) is 16.9 Å². The van der Waals surface area contributed by atoms with Crippen LogP contribution in [0.5, 0.6) is 0 Å². The van der Waals surface area contributed by atoms with Crippen molar-refractivity contribution in [3.63, 3.8) is 0 Å². The van der Waals surface area contributed by atoms with E-state index in [9.17, 15) is 9.18 Å². The highest BCUT2D eigenvalue weighted by atomic mass is 19.1. The normalized spacial score (nSPS) is 16.3. The summed E-state index contributed by atoms with van der Waals surface area (Å²) >= 11 is 0. The molecule has 35 heavy (non-hydrogen) atoms. The molecule has 0 radical (unpaired) electrons. The zero-order valence-corrected chi connectivity index (χ0v) is 19.8. The molecule has 1 saturated carbocycles. The number of nitrogens with one attached hydrogen (secondary N) is 1. The van der Waals surface area contributed by atoms with E-state index in [0.717, 1.165) is 49.7 Å². The predicted octanol–water partition coefficient (Wildman–Crippen LogP) is 5.78. The van der Waals surface area contributed by atoms with Gasteiger partial charge in [0.25, 0.3) is 5.91 Å². The molecule has 2 heterocycles. The number of likely N-dealkylation sites (tertiary alicyclic amines) is 1. The third kappa shape index (κ3) is 5.07. The largest absolute Gasteiger partial charge is 0.368 e. The number of nitriles is 1. The highest BCUT2D eigenvalue weighted by Gasteiger charge is 2.20. The summed E-state index contributed by atoms with van der Waals surface area (Å²) in [7, 11) is 0. The molecule has 2 aromatic carbocycles. The lowest BCUT2D eigenvalue weighted by molar-refractivity contribution is 0.0793. The van der Waals surface area contributed by atoms with Crippen LogP contribution in [0.15, 0.2) is 48.5 Å². The van der Waals surface area contributed by atoms with Crippen LogP contribution in [0.1, 0.15) is 60.9 Å². The van der Waals surface area contributed by atoms with Crippen molar-refractivity contribution in [1.82, 2.24) is 14.7 Å². The fourth-order valence-corrected chi connectivity index (χ4v) is 5.12. The molecule has 0 atom stereocenters. The lowest BCUT2D eigenvalue weighted by Crippen LogP contribution is -2.27. The standard InChI is InChI=1S/C28H30FN5O/c29-25-16-22(8-9-23(25)18-30)26-17-27(31-19-20-6-2-1-3-7-20)32-34(26)24-12-10-21(11-13-24)28(35)33-14-4-5-15-33/h8-13,16-17,20H,1-7,14-15,19H2,(H,31,32). The number of benzene rings is 2. The van der Waals surface area contributed by atoms with Crippen molar-refractivity contribution in [1.29, 1.82) is 5.26 Å². The number of rotatable bonds is 6. The Morgan fingerprint density at radius 3 is 2.46 bits per heavy atom. The summed E-state index contributed by atoms with van der Waals surface area (Å²) < 4.78 is 16.2. The first-order valence-corrected chi connectivity index (χ1v) is 12.6. The second-order valence-corrected chi connectivity index (χ2v) is 9.56. The highest BCUT2D eigenvalue weighted by Crippen LogP contribution is 2.29. The van der Waals surface area contributed by atoms with Crippen LogP contribution in [0.25, 0.3) is 16.9 Å². The number of hydrogen-bond donors (Lipinski definition) is 1. The molecule has 5 rings (SSSR count).